The van der Waals surface area contributed by atoms with Gasteiger partial charge >= 0.3 is 5.97 Å². The molecule has 0 saturated heterocycles. The number of aromatic nitrogens is 1. The van der Waals surface area contributed by atoms with Crippen LogP contribution in [0.1, 0.15) is 11.3 Å². The number of hydrogen-bond acceptors (Lipinski definition) is 1. The van der Waals surface area contributed by atoms with Gasteiger partial charge in [0.2, 0.25) is 0 Å². The molecule has 0 fully saturated rings. The Bertz CT molecular complexity index is 833. The van der Waals surface area contributed by atoms with Crippen molar-refractivity contribution in [2.24, 2.45) is 7.05 Å². The van der Waals surface area contributed by atoms with E-state index in [0.717, 1.165) is 33.6 Å². The fourth-order valence-corrected chi connectivity index (χ4v) is 3.08. The van der Waals surface area contributed by atoms with Gasteiger partial charge in [-0.2, -0.15) is 0 Å². The SMILES string of the molecule is Cc1c(CC(=O)O)c(-c2ccccc2)c(-c2ccccc2)n1C. The van der Waals surface area contributed by atoms with Crippen molar-refractivity contribution in [1.29, 1.82) is 0 Å². The Labute approximate surface area is 135 Å². The van der Waals surface area contributed by atoms with Crippen molar-refractivity contribution in [2.75, 3.05) is 0 Å². The van der Waals surface area contributed by atoms with Crippen LogP contribution in [0.5, 0.6) is 0 Å². The molecule has 0 radical (unpaired) electrons. The molecule has 0 unspecified atom stereocenters. The minimum Gasteiger partial charge on any atom is -0.481 e. The summed E-state index contributed by atoms with van der Waals surface area (Å²) in [6.45, 7) is 1.98. The summed E-state index contributed by atoms with van der Waals surface area (Å²) in [5.74, 6) is -0.810. The molecule has 1 heterocycles. The smallest absolute Gasteiger partial charge is 0.307 e. The number of hydrogen-bond donors (Lipinski definition) is 1. The van der Waals surface area contributed by atoms with E-state index in [0.29, 0.717) is 0 Å². The summed E-state index contributed by atoms with van der Waals surface area (Å²) in [6, 6.07) is 20.1. The van der Waals surface area contributed by atoms with Crippen molar-refractivity contribution in [1.82, 2.24) is 4.57 Å². The summed E-state index contributed by atoms with van der Waals surface area (Å²) in [7, 11) is 2.00. The second-order valence-electron chi connectivity index (χ2n) is 5.65. The van der Waals surface area contributed by atoms with Gasteiger partial charge in [-0.1, -0.05) is 60.7 Å². The number of carboxylic acids is 1. The van der Waals surface area contributed by atoms with Crippen LogP contribution in [0, 0.1) is 6.92 Å². The average Bonchev–Trinajstić information content (AvgIpc) is 2.81. The molecule has 3 rings (SSSR count). The van der Waals surface area contributed by atoms with Gasteiger partial charge in [0.05, 0.1) is 12.1 Å². The lowest BCUT2D eigenvalue weighted by Crippen LogP contribution is -2.02. The lowest BCUT2D eigenvalue weighted by atomic mass is 9.95. The van der Waals surface area contributed by atoms with Gasteiger partial charge in [0.15, 0.2) is 0 Å². The van der Waals surface area contributed by atoms with Crippen molar-refractivity contribution in [2.45, 2.75) is 13.3 Å². The maximum absolute atomic E-state index is 11.4. The normalized spacial score (nSPS) is 10.7. The van der Waals surface area contributed by atoms with Gasteiger partial charge in [-0.3, -0.25) is 4.79 Å². The van der Waals surface area contributed by atoms with Crippen LogP contribution in [0.15, 0.2) is 60.7 Å². The van der Waals surface area contributed by atoms with E-state index in [2.05, 4.69) is 16.7 Å². The van der Waals surface area contributed by atoms with Crippen molar-refractivity contribution >= 4 is 5.97 Å². The minimum absolute atomic E-state index is 0.0245. The molecule has 1 N–H and O–H groups in total. The van der Waals surface area contributed by atoms with E-state index in [-0.39, 0.29) is 6.42 Å². The van der Waals surface area contributed by atoms with Gasteiger partial charge in [-0.15, -0.1) is 0 Å². The Morgan fingerprint density at radius 3 is 2.00 bits per heavy atom. The van der Waals surface area contributed by atoms with E-state index >= 15 is 0 Å². The first-order chi connectivity index (χ1) is 11.1. The topological polar surface area (TPSA) is 42.2 Å². The van der Waals surface area contributed by atoms with Gasteiger partial charge < -0.3 is 9.67 Å². The molecule has 3 aromatic rings. The molecule has 3 nitrogen and oxygen atoms in total. The number of carboxylic acid groups (broad SMARTS) is 1. The van der Waals surface area contributed by atoms with Crippen LogP contribution in [-0.4, -0.2) is 15.6 Å². The van der Waals surface area contributed by atoms with E-state index in [9.17, 15) is 9.90 Å². The number of rotatable bonds is 4. The highest BCUT2D eigenvalue weighted by molar-refractivity contribution is 5.88. The second-order valence-corrected chi connectivity index (χ2v) is 5.65. The Hall–Kier alpha value is -2.81. The molecule has 0 aliphatic rings. The fourth-order valence-electron chi connectivity index (χ4n) is 3.08. The third-order valence-electron chi connectivity index (χ3n) is 4.25. The molecule has 23 heavy (non-hydrogen) atoms. The molecule has 0 saturated carbocycles. The van der Waals surface area contributed by atoms with E-state index in [1.807, 2.05) is 62.5 Å². The molecule has 3 heteroatoms. The van der Waals surface area contributed by atoms with Crippen molar-refractivity contribution in [3.63, 3.8) is 0 Å². The largest absolute Gasteiger partial charge is 0.481 e. The summed E-state index contributed by atoms with van der Waals surface area (Å²) in [5.41, 5.74) is 6.08. The van der Waals surface area contributed by atoms with E-state index in [1.165, 1.54) is 0 Å². The molecule has 0 aliphatic heterocycles. The van der Waals surface area contributed by atoms with Crippen molar-refractivity contribution < 1.29 is 9.90 Å². The Balaban J connectivity index is 2.33. The summed E-state index contributed by atoms with van der Waals surface area (Å²) < 4.78 is 2.09. The summed E-state index contributed by atoms with van der Waals surface area (Å²) in [6.07, 6.45) is 0.0245. The van der Waals surface area contributed by atoms with Crippen molar-refractivity contribution in [3.8, 4) is 22.4 Å². The van der Waals surface area contributed by atoms with Gasteiger partial charge in [-0.25, -0.2) is 0 Å². The Kier molecular flexibility index (Phi) is 4.02. The zero-order valence-corrected chi connectivity index (χ0v) is 13.3. The lowest BCUT2D eigenvalue weighted by molar-refractivity contribution is -0.136. The number of aliphatic carboxylic acids is 1. The number of benzene rings is 2. The molecule has 0 atom stereocenters. The first kappa shape index (κ1) is 15.1. The van der Waals surface area contributed by atoms with Crippen LogP contribution in [0.25, 0.3) is 22.4 Å². The maximum atomic E-state index is 11.4. The highest BCUT2D eigenvalue weighted by Crippen LogP contribution is 2.38. The predicted octanol–water partition coefficient (Wildman–Crippen LogP) is 4.29. The molecule has 116 valence electrons. The van der Waals surface area contributed by atoms with Crippen LogP contribution in [0.2, 0.25) is 0 Å². The van der Waals surface area contributed by atoms with Crippen LogP contribution in [0.3, 0.4) is 0 Å². The second kappa shape index (κ2) is 6.13. The molecule has 0 spiro atoms. The quantitative estimate of drug-likeness (QED) is 0.781. The summed E-state index contributed by atoms with van der Waals surface area (Å²) in [5, 5.41) is 9.32. The van der Waals surface area contributed by atoms with Crippen LogP contribution in [-0.2, 0) is 18.3 Å². The number of nitrogens with zero attached hydrogens (tertiary/aromatic N) is 1. The average molecular weight is 305 g/mol. The van der Waals surface area contributed by atoms with E-state index in [1.54, 1.807) is 0 Å². The van der Waals surface area contributed by atoms with E-state index < -0.39 is 5.97 Å². The molecule has 0 bridgehead atoms. The third kappa shape index (κ3) is 2.78. The third-order valence-corrected chi connectivity index (χ3v) is 4.25. The van der Waals surface area contributed by atoms with Crippen LogP contribution < -0.4 is 0 Å². The first-order valence-corrected chi connectivity index (χ1v) is 7.60. The fraction of sp³-hybridized carbons (Fsp3) is 0.150. The zero-order valence-electron chi connectivity index (χ0n) is 13.3. The van der Waals surface area contributed by atoms with Crippen molar-refractivity contribution in [3.05, 3.63) is 71.9 Å². The molecule has 0 aliphatic carbocycles. The molecular weight excluding hydrogens is 286 g/mol. The molecular formula is C20H19NO2. The predicted molar refractivity (Wildman–Crippen MR) is 92.4 cm³/mol. The van der Waals surface area contributed by atoms with Crippen LogP contribution >= 0.6 is 0 Å². The lowest BCUT2D eigenvalue weighted by Gasteiger charge is -2.09. The maximum Gasteiger partial charge on any atom is 0.307 e. The van der Waals surface area contributed by atoms with Gasteiger partial charge in [0.25, 0.3) is 0 Å². The van der Waals surface area contributed by atoms with Gasteiger partial charge in [0.1, 0.15) is 0 Å². The first-order valence-electron chi connectivity index (χ1n) is 7.60. The van der Waals surface area contributed by atoms with Gasteiger partial charge in [0, 0.05) is 18.3 Å². The highest BCUT2D eigenvalue weighted by Gasteiger charge is 2.22. The minimum atomic E-state index is -0.810. The zero-order chi connectivity index (χ0) is 16.4. The highest BCUT2D eigenvalue weighted by atomic mass is 16.4. The number of carbonyl (C=O) groups is 1. The molecule has 2 aromatic carbocycles. The summed E-state index contributed by atoms with van der Waals surface area (Å²) >= 11 is 0. The Morgan fingerprint density at radius 1 is 0.957 bits per heavy atom. The molecule has 1 aromatic heterocycles. The van der Waals surface area contributed by atoms with Crippen LogP contribution in [0.4, 0.5) is 0 Å². The summed E-state index contributed by atoms with van der Waals surface area (Å²) in [4.78, 5) is 11.4. The Morgan fingerprint density at radius 2 is 1.48 bits per heavy atom. The standard InChI is InChI=1S/C20H19NO2/c1-14-17(13-18(22)23)19(15-9-5-3-6-10-15)20(21(14)2)16-11-7-4-8-12-16/h3-12H,13H2,1-2H3,(H,22,23). The monoisotopic (exact) mass is 305 g/mol. The van der Waals surface area contributed by atoms with E-state index in [4.69, 9.17) is 0 Å². The molecule has 0 amide bonds. The van der Waals surface area contributed by atoms with Gasteiger partial charge in [-0.05, 0) is 23.6 Å².